The van der Waals surface area contributed by atoms with E-state index in [1.54, 1.807) is 13.0 Å². The number of furan rings is 1. The average molecular weight is 334 g/mol. The second-order valence-electron chi connectivity index (χ2n) is 6.66. The van der Waals surface area contributed by atoms with Crippen molar-refractivity contribution in [2.24, 2.45) is 5.92 Å². The van der Waals surface area contributed by atoms with Crippen LogP contribution in [0.5, 0.6) is 0 Å². The molecular weight excluding hydrogens is 312 g/mol. The van der Waals surface area contributed by atoms with Gasteiger partial charge in [-0.2, -0.15) is 0 Å². The molecular formula is C17H22N2O5. The Morgan fingerprint density at radius 1 is 1.46 bits per heavy atom. The molecule has 1 spiro atoms. The lowest BCUT2D eigenvalue weighted by atomic mass is 9.73. The van der Waals surface area contributed by atoms with Crippen LogP contribution in [0.4, 0.5) is 4.79 Å². The predicted molar refractivity (Wildman–Crippen MR) is 84.2 cm³/mol. The predicted octanol–water partition coefficient (Wildman–Crippen LogP) is 2.38. The van der Waals surface area contributed by atoms with E-state index < -0.39 is 17.5 Å². The van der Waals surface area contributed by atoms with Crippen LogP contribution in [0, 0.1) is 12.8 Å². The van der Waals surface area contributed by atoms with Gasteiger partial charge in [-0.15, -0.1) is 0 Å². The molecule has 0 radical (unpaired) electrons. The molecule has 0 aromatic carbocycles. The first-order valence-corrected chi connectivity index (χ1v) is 8.21. The molecule has 0 bridgehead atoms. The number of ether oxygens (including phenoxy) is 1. The molecule has 1 saturated heterocycles. The molecule has 3 rings (SSSR count). The van der Waals surface area contributed by atoms with Gasteiger partial charge in [0.2, 0.25) is 5.76 Å². The minimum Gasteiger partial charge on any atom is -0.463 e. The van der Waals surface area contributed by atoms with Crippen molar-refractivity contribution in [1.29, 1.82) is 0 Å². The van der Waals surface area contributed by atoms with Gasteiger partial charge in [0.1, 0.15) is 11.3 Å². The number of imide groups is 1. The quantitative estimate of drug-likeness (QED) is 0.677. The van der Waals surface area contributed by atoms with Crippen LogP contribution in [0.25, 0.3) is 0 Å². The lowest BCUT2D eigenvalue weighted by Crippen LogP contribution is -2.53. The van der Waals surface area contributed by atoms with E-state index >= 15 is 0 Å². The second kappa shape index (κ2) is 5.96. The number of methoxy groups -OCH3 is 1. The number of nitrogens with zero attached hydrogens (tertiary/aromatic N) is 1. The monoisotopic (exact) mass is 334 g/mol. The highest BCUT2D eigenvalue weighted by Gasteiger charge is 2.54. The third kappa shape index (κ3) is 2.48. The zero-order valence-electron chi connectivity index (χ0n) is 14.2. The third-order valence-corrected chi connectivity index (χ3v) is 5.15. The van der Waals surface area contributed by atoms with Crippen LogP contribution in [-0.2, 0) is 16.1 Å². The van der Waals surface area contributed by atoms with E-state index in [0.29, 0.717) is 17.7 Å². The Balaban J connectivity index is 1.82. The molecule has 2 fully saturated rings. The molecule has 7 nitrogen and oxygen atoms in total. The maximum absolute atomic E-state index is 12.9. The largest absolute Gasteiger partial charge is 0.463 e. The summed E-state index contributed by atoms with van der Waals surface area (Å²) in [4.78, 5) is 38.1. The summed E-state index contributed by atoms with van der Waals surface area (Å²) in [5.41, 5.74) is -0.174. The molecule has 1 aliphatic heterocycles. The fraction of sp³-hybridized carbons (Fsp3) is 0.588. The van der Waals surface area contributed by atoms with Crippen molar-refractivity contribution >= 4 is 17.9 Å². The first-order chi connectivity index (χ1) is 11.4. The lowest BCUT2D eigenvalue weighted by molar-refractivity contribution is -0.134. The fourth-order valence-corrected chi connectivity index (χ4v) is 3.72. The van der Waals surface area contributed by atoms with Crippen molar-refractivity contribution in [2.75, 3.05) is 7.11 Å². The van der Waals surface area contributed by atoms with Gasteiger partial charge in [-0.05, 0) is 31.7 Å². The summed E-state index contributed by atoms with van der Waals surface area (Å²) in [7, 11) is 1.27. The molecule has 1 saturated carbocycles. The maximum Gasteiger partial charge on any atom is 0.374 e. The number of hydrogen-bond donors (Lipinski definition) is 1. The molecule has 3 amide bonds. The van der Waals surface area contributed by atoms with Gasteiger partial charge in [-0.25, -0.2) is 9.59 Å². The number of urea groups is 1. The number of carbonyl (C=O) groups is 3. The van der Waals surface area contributed by atoms with Gasteiger partial charge in [-0.1, -0.05) is 19.8 Å². The van der Waals surface area contributed by atoms with Crippen molar-refractivity contribution in [3.8, 4) is 0 Å². The minimum atomic E-state index is -0.790. The molecule has 1 N–H and O–H groups in total. The Morgan fingerprint density at radius 3 is 2.88 bits per heavy atom. The van der Waals surface area contributed by atoms with Crippen molar-refractivity contribution in [1.82, 2.24) is 10.2 Å². The van der Waals surface area contributed by atoms with E-state index in [1.165, 1.54) is 12.0 Å². The molecule has 24 heavy (non-hydrogen) atoms. The van der Waals surface area contributed by atoms with Crippen molar-refractivity contribution < 1.29 is 23.5 Å². The van der Waals surface area contributed by atoms with E-state index in [4.69, 9.17) is 4.42 Å². The normalized spacial score (nSPS) is 26.8. The third-order valence-electron chi connectivity index (χ3n) is 5.15. The van der Waals surface area contributed by atoms with Crippen LogP contribution in [-0.4, -0.2) is 35.5 Å². The van der Waals surface area contributed by atoms with Crippen LogP contribution in [0.15, 0.2) is 10.5 Å². The first kappa shape index (κ1) is 16.5. The topological polar surface area (TPSA) is 88.8 Å². The van der Waals surface area contributed by atoms with Crippen molar-refractivity contribution in [3.63, 3.8) is 0 Å². The molecule has 7 heteroatoms. The highest BCUT2D eigenvalue weighted by molar-refractivity contribution is 6.07. The number of amides is 3. The Labute approximate surface area is 140 Å². The minimum absolute atomic E-state index is 0.0109. The Bertz CT molecular complexity index is 695. The maximum atomic E-state index is 12.9. The van der Waals surface area contributed by atoms with Crippen LogP contribution in [0.1, 0.15) is 54.5 Å². The van der Waals surface area contributed by atoms with Gasteiger partial charge in [-0.3, -0.25) is 9.69 Å². The number of nitrogens with one attached hydrogen (secondary N) is 1. The van der Waals surface area contributed by atoms with Gasteiger partial charge in [0.05, 0.1) is 13.7 Å². The SMILES string of the molecule is COC(=O)c1oc(CN2C(=O)N[C@]3(CCCC[C@H]3C)C2=O)cc1C. The Hall–Kier alpha value is -2.31. The Kier molecular flexibility index (Phi) is 4.11. The summed E-state index contributed by atoms with van der Waals surface area (Å²) in [6.07, 6.45) is 3.59. The number of hydrogen-bond acceptors (Lipinski definition) is 5. The molecule has 1 aliphatic carbocycles. The van der Waals surface area contributed by atoms with Gasteiger partial charge in [0, 0.05) is 5.56 Å². The van der Waals surface area contributed by atoms with E-state index in [1.807, 2.05) is 6.92 Å². The molecule has 2 atom stereocenters. The molecule has 0 unspecified atom stereocenters. The number of esters is 1. The first-order valence-electron chi connectivity index (χ1n) is 8.21. The van der Waals surface area contributed by atoms with Gasteiger partial charge >= 0.3 is 12.0 Å². The number of rotatable bonds is 3. The smallest absolute Gasteiger partial charge is 0.374 e. The summed E-state index contributed by atoms with van der Waals surface area (Å²) in [6.45, 7) is 3.74. The number of aryl methyl sites for hydroxylation is 1. The molecule has 1 aromatic rings. The standard InChI is InChI=1S/C17H22N2O5/c1-10-8-12(24-13(10)14(20)23-3)9-19-15(21)17(18-16(19)22)7-5-4-6-11(17)2/h8,11H,4-7,9H2,1-3H3,(H,18,22)/t11-,17+/m1/s1. The summed E-state index contributed by atoms with van der Waals surface area (Å²) < 4.78 is 10.1. The molecule has 2 heterocycles. The summed E-state index contributed by atoms with van der Waals surface area (Å²) >= 11 is 0. The lowest BCUT2D eigenvalue weighted by Gasteiger charge is -2.36. The van der Waals surface area contributed by atoms with Gasteiger partial charge in [0.25, 0.3) is 5.91 Å². The van der Waals surface area contributed by atoms with Gasteiger partial charge < -0.3 is 14.5 Å². The summed E-state index contributed by atoms with van der Waals surface area (Å²) in [5, 5.41) is 2.90. The zero-order valence-corrected chi connectivity index (χ0v) is 14.2. The van der Waals surface area contributed by atoms with E-state index in [-0.39, 0.29) is 24.1 Å². The van der Waals surface area contributed by atoms with Crippen molar-refractivity contribution in [2.45, 2.75) is 51.6 Å². The average Bonchev–Trinajstić information content (AvgIpc) is 3.03. The highest BCUT2D eigenvalue weighted by atomic mass is 16.5. The van der Waals surface area contributed by atoms with Crippen LogP contribution < -0.4 is 5.32 Å². The molecule has 130 valence electrons. The van der Waals surface area contributed by atoms with E-state index in [9.17, 15) is 14.4 Å². The number of carbonyl (C=O) groups excluding carboxylic acids is 3. The summed E-state index contributed by atoms with van der Waals surface area (Å²) in [5.74, 6) is -0.185. The van der Waals surface area contributed by atoms with Gasteiger partial charge in [0.15, 0.2) is 0 Å². The van der Waals surface area contributed by atoms with E-state index in [2.05, 4.69) is 10.1 Å². The van der Waals surface area contributed by atoms with Crippen LogP contribution >= 0.6 is 0 Å². The Morgan fingerprint density at radius 2 is 2.21 bits per heavy atom. The molecule has 2 aliphatic rings. The highest BCUT2D eigenvalue weighted by Crippen LogP contribution is 2.38. The van der Waals surface area contributed by atoms with Crippen LogP contribution in [0.3, 0.4) is 0 Å². The van der Waals surface area contributed by atoms with E-state index in [0.717, 1.165) is 19.3 Å². The van der Waals surface area contributed by atoms with Crippen molar-refractivity contribution in [3.05, 3.63) is 23.2 Å². The summed E-state index contributed by atoms with van der Waals surface area (Å²) in [6, 6.07) is 1.25. The second-order valence-corrected chi connectivity index (χ2v) is 6.66. The molecule has 1 aromatic heterocycles. The zero-order chi connectivity index (χ0) is 17.5. The fourth-order valence-electron chi connectivity index (χ4n) is 3.72. The van der Waals surface area contributed by atoms with Crippen LogP contribution in [0.2, 0.25) is 0 Å².